The van der Waals surface area contributed by atoms with Crippen molar-refractivity contribution >= 4 is 19.7 Å². The van der Waals surface area contributed by atoms with Crippen molar-refractivity contribution in [2.45, 2.75) is 37.1 Å². The Morgan fingerprint density at radius 3 is 2.74 bits per heavy atom. The van der Waals surface area contributed by atoms with Crippen LogP contribution in [0.1, 0.15) is 40.2 Å². The van der Waals surface area contributed by atoms with E-state index in [1.807, 2.05) is 17.0 Å². The minimum Gasteiger partial charge on any atom is -0.478 e. The Hall–Kier alpha value is -1.86. The quantitative estimate of drug-likeness (QED) is 0.720. The molecule has 6 nitrogen and oxygen atoms in total. The lowest BCUT2D eigenvalue weighted by molar-refractivity contribution is -0.141. The maximum absolute atomic E-state index is 12.3. The minimum atomic E-state index is -0.852. The molecule has 0 spiro atoms. The summed E-state index contributed by atoms with van der Waals surface area (Å²) >= 11 is 0. The van der Waals surface area contributed by atoms with E-state index in [2.05, 4.69) is 19.2 Å². The maximum Gasteiger partial charge on any atom is 0.335 e. The molecule has 2 aliphatic heterocycles. The summed E-state index contributed by atoms with van der Waals surface area (Å²) in [4.78, 5) is 25.9. The summed E-state index contributed by atoms with van der Waals surface area (Å²) in [5.41, 5.74) is 2.46. The van der Waals surface area contributed by atoms with E-state index in [-0.39, 0.29) is 12.0 Å². The Labute approximate surface area is 160 Å². The molecule has 4 rings (SSSR count). The third-order valence-corrected chi connectivity index (χ3v) is 6.13. The molecule has 1 amide bonds. The van der Waals surface area contributed by atoms with Gasteiger partial charge < -0.3 is 20.1 Å². The summed E-state index contributed by atoms with van der Waals surface area (Å²) in [5, 5.41) is 12.8. The van der Waals surface area contributed by atoms with Gasteiger partial charge in [-0.2, -0.15) is 0 Å². The van der Waals surface area contributed by atoms with Crippen LogP contribution in [0.2, 0.25) is 5.82 Å². The van der Waals surface area contributed by atoms with Crippen molar-refractivity contribution in [1.29, 1.82) is 0 Å². The number of carboxylic acids is 1. The predicted octanol–water partition coefficient (Wildman–Crippen LogP) is 0.673. The second kappa shape index (κ2) is 7.64. The first-order valence-corrected chi connectivity index (χ1v) is 9.97. The summed E-state index contributed by atoms with van der Waals surface area (Å²) < 4.78 is 5.60. The molecule has 3 atom stereocenters. The van der Waals surface area contributed by atoms with Gasteiger partial charge in [-0.1, -0.05) is 24.4 Å². The van der Waals surface area contributed by atoms with E-state index in [9.17, 15) is 14.7 Å². The molecular formula is C20H27BN2O4. The van der Waals surface area contributed by atoms with Crippen molar-refractivity contribution in [2.75, 3.05) is 32.8 Å². The van der Waals surface area contributed by atoms with Gasteiger partial charge in [0.05, 0.1) is 24.7 Å². The zero-order valence-corrected chi connectivity index (χ0v) is 15.8. The maximum atomic E-state index is 12.3. The summed E-state index contributed by atoms with van der Waals surface area (Å²) in [6.07, 6.45) is 2.27. The van der Waals surface area contributed by atoms with Crippen LogP contribution >= 0.6 is 0 Å². The molecule has 0 bridgehead atoms. The molecule has 1 saturated carbocycles. The molecule has 3 unspecified atom stereocenters. The van der Waals surface area contributed by atoms with Crippen molar-refractivity contribution in [2.24, 2.45) is 5.92 Å². The van der Waals surface area contributed by atoms with Gasteiger partial charge in [-0.05, 0) is 35.4 Å². The molecule has 2 N–H and O–H groups in total. The molecule has 2 saturated heterocycles. The topological polar surface area (TPSA) is 78.9 Å². The van der Waals surface area contributed by atoms with Gasteiger partial charge >= 0.3 is 5.97 Å². The van der Waals surface area contributed by atoms with E-state index in [1.165, 1.54) is 0 Å². The van der Waals surface area contributed by atoms with Crippen LogP contribution in [0.15, 0.2) is 18.2 Å². The van der Waals surface area contributed by atoms with Crippen LogP contribution in [0.25, 0.3) is 0 Å². The zero-order chi connectivity index (χ0) is 19.0. The molecule has 144 valence electrons. The molecule has 27 heavy (non-hydrogen) atoms. The van der Waals surface area contributed by atoms with Crippen LogP contribution < -0.4 is 5.32 Å². The minimum absolute atomic E-state index is 0.0266. The average Bonchev–Trinajstić information content (AvgIpc) is 3.35. The van der Waals surface area contributed by atoms with E-state index >= 15 is 0 Å². The van der Waals surface area contributed by atoms with Crippen LogP contribution in [-0.4, -0.2) is 68.6 Å². The molecule has 1 aromatic rings. The summed E-state index contributed by atoms with van der Waals surface area (Å²) in [6.45, 7) is 3.66. The highest BCUT2D eigenvalue weighted by Crippen LogP contribution is 2.50. The van der Waals surface area contributed by atoms with Gasteiger partial charge in [0.1, 0.15) is 7.85 Å². The zero-order valence-electron chi connectivity index (χ0n) is 15.8. The number of amides is 1. The Bertz CT molecular complexity index is 729. The lowest BCUT2D eigenvalue weighted by Crippen LogP contribution is -2.52. The number of likely N-dealkylation sites (tertiary alicyclic amines) is 1. The molecule has 3 fully saturated rings. The van der Waals surface area contributed by atoms with Gasteiger partial charge in [0.25, 0.3) is 0 Å². The first-order chi connectivity index (χ1) is 13.0. The normalized spacial score (nSPS) is 27.9. The van der Waals surface area contributed by atoms with Gasteiger partial charge in [-0.15, -0.1) is 0 Å². The van der Waals surface area contributed by atoms with Crippen LogP contribution in [0.3, 0.4) is 0 Å². The monoisotopic (exact) mass is 370 g/mol. The standard InChI is InChI=1S/C20H27BN2O4/c21-18-8-16(18)14-2-1-13(17(6-14)20(25)26)5-12-10-23(11-12)19(24)7-15-9-22-3-4-27-15/h1-2,6,12,15-16,18,22H,3-5,7-11,21H2,(H,25,26). The van der Waals surface area contributed by atoms with Gasteiger partial charge in [-0.25, -0.2) is 4.79 Å². The van der Waals surface area contributed by atoms with Crippen LogP contribution in [0, 0.1) is 5.92 Å². The van der Waals surface area contributed by atoms with Crippen molar-refractivity contribution in [1.82, 2.24) is 10.2 Å². The number of ether oxygens (including phenoxy) is 1. The second-order valence-corrected chi connectivity index (χ2v) is 8.31. The molecule has 1 aromatic carbocycles. The molecule has 0 aromatic heterocycles. The highest BCUT2D eigenvalue weighted by Gasteiger charge is 2.35. The fraction of sp³-hybridized carbons (Fsp3) is 0.600. The number of morpholine rings is 1. The van der Waals surface area contributed by atoms with Gasteiger partial charge in [-0.3, -0.25) is 4.79 Å². The highest BCUT2D eigenvalue weighted by atomic mass is 16.5. The number of benzene rings is 1. The molecule has 1 aliphatic carbocycles. The van der Waals surface area contributed by atoms with Crippen molar-refractivity contribution in [3.05, 3.63) is 34.9 Å². The number of hydrogen-bond donors (Lipinski definition) is 2. The van der Waals surface area contributed by atoms with E-state index in [1.54, 1.807) is 0 Å². The number of aromatic carboxylic acids is 1. The summed E-state index contributed by atoms with van der Waals surface area (Å²) in [5.74, 6) is 0.798. The van der Waals surface area contributed by atoms with Gasteiger partial charge in [0.15, 0.2) is 0 Å². The first-order valence-electron chi connectivity index (χ1n) is 9.97. The number of hydrogen-bond acceptors (Lipinski definition) is 4. The Morgan fingerprint density at radius 2 is 2.11 bits per heavy atom. The number of carbonyl (C=O) groups is 2. The van der Waals surface area contributed by atoms with Crippen LogP contribution in [0.5, 0.6) is 0 Å². The number of carbonyl (C=O) groups excluding carboxylic acids is 1. The lowest BCUT2D eigenvalue weighted by Gasteiger charge is -2.40. The Morgan fingerprint density at radius 1 is 1.33 bits per heavy atom. The van der Waals surface area contributed by atoms with Crippen LogP contribution in [0.4, 0.5) is 0 Å². The lowest BCUT2D eigenvalue weighted by atomic mass is 9.88. The predicted molar refractivity (Wildman–Crippen MR) is 104 cm³/mol. The van der Waals surface area contributed by atoms with Gasteiger partial charge in [0, 0.05) is 26.2 Å². The van der Waals surface area contributed by atoms with E-state index < -0.39 is 5.97 Å². The average molecular weight is 370 g/mol. The van der Waals surface area contributed by atoms with Crippen molar-refractivity contribution in [3.8, 4) is 0 Å². The smallest absolute Gasteiger partial charge is 0.335 e. The number of nitrogens with zero attached hydrogens (tertiary/aromatic N) is 1. The molecule has 7 heteroatoms. The third-order valence-electron chi connectivity index (χ3n) is 6.13. The SMILES string of the molecule is BC1CC1c1ccc(CC2CN(C(=O)CC3CNCCO3)C2)c(C(=O)O)c1. The third kappa shape index (κ3) is 4.19. The summed E-state index contributed by atoms with van der Waals surface area (Å²) in [7, 11) is 2.20. The molecule has 2 heterocycles. The molecular weight excluding hydrogens is 343 g/mol. The number of rotatable bonds is 6. The summed E-state index contributed by atoms with van der Waals surface area (Å²) in [6, 6.07) is 5.93. The molecule has 0 radical (unpaired) electrons. The highest BCUT2D eigenvalue weighted by molar-refractivity contribution is 6.14. The Balaban J connectivity index is 1.31. The van der Waals surface area contributed by atoms with Crippen molar-refractivity contribution in [3.63, 3.8) is 0 Å². The fourth-order valence-corrected chi connectivity index (χ4v) is 4.28. The second-order valence-electron chi connectivity index (χ2n) is 8.31. The fourth-order valence-electron chi connectivity index (χ4n) is 4.28. The molecule has 3 aliphatic rings. The first kappa shape index (κ1) is 18.5. The Kier molecular flexibility index (Phi) is 5.24. The van der Waals surface area contributed by atoms with E-state index in [0.717, 1.165) is 30.6 Å². The number of carboxylic acid groups (broad SMARTS) is 1. The largest absolute Gasteiger partial charge is 0.478 e. The van der Waals surface area contributed by atoms with E-state index in [4.69, 9.17) is 4.74 Å². The number of nitrogens with one attached hydrogen (secondary N) is 1. The van der Waals surface area contributed by atoms with Crippen LogP contribution in [-0.2, 0) is 16.0 Å². The van der Waals surface area contributed by atoms with Crippen molar-refractivity contribution < 1.29 is 19.4 Å². The van der Waals surface area contributed by atoms with Gasteiger partial charge in [0.2, 0.25) is 5.91 Å². The van der Waals surface area contributed by atoms with E-state index in [0.29, 0.717) is 55.8 Å².